The van der Waals surface area contributed by atoms with Gasteiger partial charge in [-0.05, 0) is 52.8 Å². The molecule has 2 atom stereocenters. The van der Waals surface area contributed by atoms with Gasteiger partial charge in [-0.25, -0.2) is 14.4 Å². The number of rotatable bonds is 5. The molecule has 1 aromatic heterocycles. The number of aromatic nitrogens is 2. The van der Waals surface area contributed by atoms with Crippen LogP contribution in [0.2, 0.25) is 0 Å². The molecule has 186 valence electrons. The SMILES string of the molecule is Cc1nc(N[C@H](C)c2cccc(C(F)(F)C(C)(C)O)c2F)c2cc3c(cc2n1)[C@@](C)(O)C(=O)N3C. The van der Waals surface area contributed by atoms with Crippen LogP contribution in [-0.2, 0) is 16.3 Å². The molecule has 35 heavy (non-hydrogen) atoms. The standard InChI is InChI=1S/C25H27F3N4O3/c1-12(14-8-7-9-16(20(14)26)25(27,28)23(3,4)34)29-21-15-10-19-17(11-18(15)30-13(2)31-21)24(5,35)22(33)32(19)6/h7-12,34-35H,1-6H3,(H,29,30,31)/t12-,24-/m1/s1. The van der Waals surface area contributed by atoms with Gasteiger partial charge in [-0.2, -0.15) is 8.78 Å². The monoisotopic (exact) mass is 488 g/mol. The first-order chi connectivity index (χ1) is 16.1. The first-order valence-electron chi connectivity index (χ1n) is 11.1. The number of nitrogens with one attached hydrogen (secondary N) is 1. The molecular formula is C25H27F3N4O3. The Balaban J connectivity index is 1.79. The second-order valence-electron chi connectivity index (χ2n) is 9.65. The van der Waals surface area contributed by atoms with Crippen LogP contribution >= 0.6 is 0 Å². The number of halogens is 3. The van der Waals surface area contributed by atoms with E-state index in [0.717, 1.165) is 19.9 Å². The smallest absolute Gasteiger partial charge is 0.303 e. The second kappa shape index (κ2) is 7.89. The molecule has 3 N–H and O–H groups in total. The molecule has 1 amide bonds. The highest BCUT2D eigenvalue weighted by molar-refractivity contribution is 6.09. The molecule has 0 saturated heterocycles. The van der Waals surface area contributed by atoms with Crippen LogP contribution < -0.4 is 10.2 Å². The number of nitrogens with zero attached hydrogens (tertiary/aromatic N) is 3. The van der Waals surface area contributed by atoms with Crippen LogP contribution in [0.15, 0.2) is 30.3 Å². The summed E-state index contributed by atoms with van der Waals surface area (Å²) in [6.07, 6.45) is 0. The predicted molar refractivity (Wildman–Crippen MR) is 126 cm³/mol. The largest absolute Gasteiger partial charge is 0.384 e. The summed E-state index contributed by atoms with van der Waals surface area (Å²) in [5, 5.41) is 24.2. The summed E-state index contributed by atoms with van der Waals surface area (Å²) in [4.78, 5) is 22.7. The van der Waals surface area contributed by atoms with Gasteiger partial charge >= 0.3 is 5.92 Å². The average Bonchev–Trinajstić information content (AvgIpc) is 2.91. The molecule has 0 saturated carbocycles. The molecule has 0 fully saturated rings. The van der Waals surface area contributed by atoms with Crippen LogP contribution in [0.1, 0.15) is 56.3 Å². The van der Waals surface area contributed by atoms with Crippen LogP contribution in [-0.4, -0.2) is 38.7 Å². The van der Waals surface area contributed by atoms with E-state index in [2.05, 4.69) is 15.3 Å². The number of carbonyl (C=O) groups excluding carboxylic acids is 1. The van der Waals surface area contributed by atoms with E-state index in [-0.39, 0.29) is 5.56 Å². The molecule has 0 aliphatic carbocycles. The van der Waals surface area contributed by atoms with Gasteiger partial charge in [0.1, 0.15) is 23.1 Å². The Kier molecular flexibility index (Phi) is 5.61. The van der Waals surface area contributed by atoms with Crippen LogP contribution in [0.3, 0.4) is 0 Å². The normalized spacial score (nSPS) is 19.3. The van der Waals surface area contributed by atoms with E-state index in [4.69, 9.17) is 0 Å². The van der Waals surface area contributed by atoms with Crippen molar-refractivity contribution in [2.45, 2.75) is 57.8 Å². The number of fused-ring (bicyclic) bond motifs is 2. The van der Waals surface area contributed by atoms with Gasteiger partial charge in [-0.1, -0.05) is 12.1 Å². The van der Waals surface area contributed by atoms with Crippen molar-refractivity contribution < 1.29 is 28.2 Å². The first-order valence-corrected chi connectivity index (χ1v) is 11.1. The third-order valence-electron chi connectivity index (χ3n) is 6.49. The molecule has 7 nitrogen and oxygen atoms in total. The number of benzene rings is 2. The fourth-order valence-electron chi connectivity index (χ4n) is 4.35. The number of likely N-dealkylation sites (N-methyl/N-ethyl adjacent to an activating group) is 1. The zero-order valence-corrected chi connectivity index (χ0v) is 20.2. The fraction of sp³-hybridized carbons (Fsp3) is 0.400. The Labute approximate surface area is 200 Å². The number of hydrogen-bond donors (Lipinski definition) is 3. The molecular weight excluding hydrogens is 461 g/mol. The zero-order valence-electron chi connectivity index (χ0n) is 20.2. The molecule has 10 heteroatoms. The van der Waals surface area contributed by atoms with Crippen LogP contribution in [0.25, 0.3) is 10.9 Å². The van der Waals surface area contributed by atoms with Crippen molar-refractivity contribution >= 4 is 28.3 Å². The minimum atomic E-state index is -3.82. The topological polar surface area (TPSA) is 98.6 Å². The molecule has 0 unspecified atom stereocenters. The van der Waals surface area contributed by atoms with E-state index >= 15 is 4.39 Å². The molecule has 0 spiro atoms. The van der Waals surface area contributed by atoms with Gasteiger partial charge in [-0.15, -0.1) is 0 Å². The summed E-state index contributed by atoms with van der Waals surface area (Å²) in [5.74, 6) is -4.74. The molecule has 0 radical (unpaired) electrons. The van der Waals surface area contributed by atoms with Crippen molar-refractivity contribution in [1.82, 2.24) is 9.97 Å². The molecule has 2 heterocycles. The van der Waals surface area contributed by atoms with E-state index in [9.17, 15) is 23.8 Å². The molecule has 1 aliphatic heterocycles. The number of aliphatic hydroxyl groups is 2. The van der Waals surface area contributed by atoms with E-state index in [0.29, 0.717) is 33.8 Å². The maximum absolute atomic E-state index is 15.3. The lowest BCUT2D eigenvalue weighted by Gasteiger charge is -2.30. The highest BCUT2D eigenvalue weighted by atomic mass is 19.3. The van der Waals surface area contributed by atoms with Crippen LogP contribution in [0.5, 0.6) is 0 Å². The summed E-state index contributed by atoms with van der Waals surface area (Å²) in [6, 6.07) is 6.13. The summed E-state index contributed by atoms with van der Waals surface area (Å²) < 4.78 is 44.7. The number of carbonyl (C=O) groups is 1. The van der Waals surface area contributed by atoms with Crippen molar-refractivity contribution in [3.8, 4) is 0 Å². The number of amides is 1. The van der Waals surface area contributed by atoms with Gasteiger partial charge in [0.05, 0.1) is 22.8 Å². The second-order valence-corrected chi connectivity index (χ2v) is 9.65. The highest BCUT2D eigenvalue weighted by Gasteiger charge is 2.49. The van der Waals surface area contributed by atoms with Gasteiger partial charge in [0.15, 0.2) is 5.60 Å². The van der Waals surface area contributed by atoms with Gasteiger partial charge in [-0.3, -0.25) is 4.79 Å². The molecule has 0 bridgehead atoms. The Hall–Kier alpha value is -3.24. The maximum atomic E-state index is 15.3. The molecule has 4 rings (SSSR count). The minimum Gasteiger partial charge on any atom is -0.384 e. The van der Waals surface area contributed by atoms with Crippen LogP contribution in [0, 0.1) is 12.7 Å². The zero-order chi connectivity index (χ0) is 26.1. The van der Waals surface area contributed by atoms with Crippen molar-refractivity contribution in [2.24, 2.45) is 0 Å². The van der Waals surface area contributed by atoms with Gasteiger partial charge in [0.2, 0.25) is 0 Å². The Morgan fingerprint density at radius 1 is 1.20 bits per heavy atom. The Morgan fingerprint density at radius 3 is 2.49 bits per heavy atom. The number of alkyl halides is 2. The molecule has 2 aromatic carbocycles. The van der Waals surface area contributed by atoms with E-state index in [1.165, 1.54) is 24.0 Å². The third kappa shape index (κ3) is 3.81. The lowest BCUT2D eigenvalue weighted by molar-refractivity contribution is -0.170. The highest BCUT2D eigenvalue weighted by Crippen LogP contribution is 2.43. The Morgan fingerprint density at radius 2 is 1.86 bits per heavy atom. The molecule has 3 aromatic rings. The first kappa shape index (κ1) is 24.9. The van der Waals surface area contributed by atoms with E-state index < -0.39 is 40.5 Å². The van der Waals surface area contributed by atoms with Crippen molar-refractivity contribution in [3.05, 3.63) is 58.7 Å². The number of hydrogen-bond acceptors (Lipinski definition) is 6. The summed E-state index contributed by atoms with van der Waals surface area (Å²) >= 11 is 0. The third-order valence-corrected chi connectivity index (χ3v) is 6.49. The molecule has 1 aliphatic rings. The van der Waals surface area contributed by atoms with Crippen molar-refractivity contribution in [3.63, 3.8) is 0 Å². The van der Waals surface area contributed by atoms with E-state index in [1.54, 1.807) is 33.0 Å². The van der Waals surface area contributed by atoms with Crippen LogP contribution in [0.4, 0.5) is 24.7 Å². The summed E-state index contributed by atoms with van der Waals surface area (Å²) in [6.45, 7) is 6.52. The average molecular weight is 489 g/mol. The van der Waals surface area contributed by atoms with Crippen molar-refractivity contribution in [2.75, 3.05) is 17.3 Å². The van der Waals surface area contributed by atoms with Gasteiger partial charge in [0.25, 0.3) is 5.91 Å². The van der Waals surface area contributed by atoms with Crippen molar-refractivity contribution in [1.29, 1.82) is 0 Å². The lowest BCUT2D eigenvalue weighted by atomic mass is 9.91. The Bertz CT molecular complexity index is 1350. The minimum absolute atomic E-state index is 0.0350. The maximum Gasteiger partial charge on any atom is 0.303 e. The number of anilines is 2. The summed E-state index contributed by atoms with van der Waals surface area (Å²) in [7, 11) is 1.54. The summed E-state index contributed by atoms with van der Waals surface area (Å²) in [5.41, 5.74) is -3.76. The fourth-order valence-corrected chi connectivity index (χ4v) is 4.35. The van der Waals surface area contributed by atoms with E-state index in [1.807, 2.05) is 0 Å². The lowest BCUT2D eigenvalue weighted by Crippen LogP contribution is -2.41. The number of aryl methyl sites for hydroxylation is 1. The van der Waals surface area contributed by atoms with Gasteiger partial charge in [0, 0.05) is 23.6 Å². The quantitative estimate of drug-likeness (QED) is 0.496. The predicted octanol–water partition coefficient (Wildman–Crippen LogP) is 4.30. The van der Waals surface area contributed by atoms with Gasteiger partial charge < -0.3 is 20.4 Å².